The van der Waals surface area contributed by atoms with E-state index in [1.165, 1.54) is 17.5 Å². The summed E-state index contributed by atoms with van der Waals surface area (Å²) in [4.78, 5) is 33.3. The molecule has 1 fully saturated rings. The van der Waals surface area contributed by atoms with E-state index in [1.807, 2.05) is 11.0 Å². The molecule has 3 aromatic rings. The summed E-state index contributed by atoms with van der Waals surface area (Å²) in [6.45, 7) is 1.96. The second kappa shape index (κ2) is 7.32. The molecular weight excluding hydrogens is 340 g/mol. The normalized spacial score (nSPS) is 15.2. The zero-order chi connectivity index (χ0) is 18.8. The molecule has 0 aliphatic carbocycles. The first-order valence-corrected chi connectivity index (χ1v) is 9.22. The van der Waals surface area contributed by atoms with E-state index in [1.54, 1.807) is 18.2 Å². The fraction of sp³-hybridized carbons (Fsp3) is 0.286. The van der Waals surface area contributed by atoms with Gasteiger partial charge in [0.25, 0.3) is 11.5 Å². The topological polar surface area (TPSA) is 92.1 Å². The molecule has 2 aromatic carbocycles. The average molecular weight is 362 g/mol. The Kier molecular flexibility index (Phi) is 4.73. The number of nitrogens with zero attached hydrogens (tertiary/aromatic N) is 2. The lowest BCUT2D eigenvalue weighted by atomic mass is 9.86. The molecule has 3 N–H and O–H groups in total. The Morgan fingerprint density at radius 2 is 1.96 bits per heavy atom. The molecule has 0 atom stereocenters. The van der Waals surface area contributed by atoms with Crippen LogP contribution in [-0.4, -0.2) is 33.9 Å². The Balaban J connectivity index is 1.49. The first-order valence-electron chi connectivity index (χ1n) is 9.22. The van der Waals surface area contributed by atoms with Crippen LogP contribution in [0.3, 0.4) is 0 Å². The Morgan fingerprint density at radius 3 is 2.74 bits per heavy atom. The van der Waals surface area contributed by atoms with Crippen molar-refractivity contribution < 1.29 is 4.79 Å². The summed E-state index contributed by atoms with van der Waals surface area (Å²) < 4.78 is 0. The van der Waals surface area contributed by atoms with Crippen molar-refractivity contribution in [3.63, 3.8) is 0 Å². The first kappa shape index (κ1) is 17.4. The Morgan fingerprint density at radius 1 is 1.19 bits per heavy atom. The van der Waals surface area contributed by atoms with Gasteiger partial charge in [-0.3, -0.25) is 9.59 Å². The summed E-state index contributed by atoms with van der Waals surface area (Å²) >= 11 is 0. The van der Waals surface area contributed by atoms with Gasteiger partial charge in [0, 0.05) is 25.2 Å². The lowest BCUT2D eigenvalue weighted by Crippen LogP contribution is -2.38. The van der Waals surface area contributed by atoms with E-state index >= 15 is 0 Å². The van der Waals surface area contributed by atoms with Gasteiger partial charge in [-0.15, -0.1) is 0 Å². The molecule has 1 aromatic heterocycles. The number of hydrogen-bond donors (Lipinski definition) is 2. The number of nitrogens with two attached hydrogens (primary N) is 1. The average Bonchev–Trinajstić information content (AvgIpc) is 2.73. The van der Waals surface area contributed by atoms with Crippen LogP contribution in [0.25, 0.3) is 10.9 Å². The number of amides is 1. The number of benzene rings is 2. The first-order chi connectivity index (χ1) is 13.2. The van der Waals surface area contributed by atoms with E-state index in [4.69, 9.17) is 5.73 Å². The SMILES string of the molecule is NCc1ccccc1C1CCN(C(=O)c2ccc3c(=O)[nH]cnc3c2)CC1. The molecule has 0 spiro atoms. The number of H-pyrrole nitrogens is 1. The maximum atomic E-state index is 12.9. The number of aromatic amines is 1. The molecule has 27 heavy (non-hydrogen) atoms. The minimum atomic E-state index is -0.196. The van der Waals surface area contributed by atoms with Gasteiger partial charge in [0.15, 0.2) is 0 Å². The van der Waals surface area contributed by atoms with Gasteiger partial charge in [0.2, 0.25) is 0 Å². The van der Waals surface area contributed by atoms with Crippen LogP contribution in [0.4, 0.5) is 0 Å². The second-order valence-electron chi connectivity index (χ2n) is 6.93. The van der Waals surface area contributed by atoms with E-state index in [9.17, 15) is 9.59 Å². The fourth-order valence-electron chi connectivity index (χ4n) is 3.90. The van der Waals surface area contributed by atoms with E-state index < -0.39 is 0 Å². The van der Waals surface area contributed by atoms with Crippen molar-refractivity contribution in [1.82, 2.24) is 14.9 Å². The quantitative estimate of drug-likeness (QED) is 0.748. The molecule has 0 saturated carbocycles. The molecule has 4 rings (SSSR count). The van der Waals surface area contributed by atoms with Crippen molar-refractivity contribution in [3.8, 4) is 0 Å². The number of rotatable bonds is 3. The number of likely N-dealkylation sites (tertiary alicyclic amines) is 1. The van der Waals surface area contributed by atoms with Crippen molar-refractivity contribution in [2.75, 3.05) is 13.1 Å². The third-order valence-electron chi connectivity index (χ3n) is 5.39. The van der Waals surface area contributed by atoms with Crippen LogP contribution in [0.15, 0.2) is 53.6 Å². The van der Waals surface area contributed by atoms with Gasteiger partial charge in [-0.1, -0.05) is 24.3 Å². The number of carbonyl (C=O) groups excluding carboxylic acids is 1. The third-order valence-corrected chi connectivity index (χ3v) is 5.39. The molecule has 6 heteroatoms. The standard InChI is InChI=1S/C21H22N4O2/c22-12-16-3-1-2-4-17(16)14-7-9-25(10-8-14)21(27)15-5-6-18-19(11-15)23-13-24-20(18)26/h1-6,11,13-14H,7-10,12,22H2,(H,23,24,26). The number of hydrogen-bond acceptors (Lipinski definition) is 4. The lowest BCUT2D eigenvalue weighted by molar-refractivity contribution is 0.0713. The number of aromatic nitrogens is 2. The van der Waals surface area contributed by atoms with E-state index in [0.29, 0.717) is 42.0 Å². The van der Waals surface area contributed by atoms with Gasteiger partial charge in [-0.05, 0) is 48.1 Å². The Labute approximate surface area is 157 Å². The van der Waals surface area contributed by atoms with Crippen LogP contribution in [-0.2, 0) is 6.54 Å². The minimum absolute atomic E-state index is 0.00968. The number of piperidine rings is 1. The summed E-state index contributed by atoms with van der Waals surface area (Å²) in [5.41, 5.74) is 9.28. The molecule has 6 nitrogen and oxygen atoms in total. The highest BCUT2D eigenvalue weighted by molar-refractivity contribution is 5.97. The van der Waals surface area contributed by atoms with Gasteiger partial charge in [0.1, 0.15) is 0 Å². The van der Waals surface area contributed by atoms with E-state index in [0.717, 1.165) is 12.8 Å². The Hall–Kier alpha value is -2.99. The highest BCUT2D eigenvalue weighted by atomic mass is 16.2. The largest absolute Gasteiger partial charge is 0.339 e. The van der Waals surface area contributed by atoms with Crippen LogP contribution in [0.2, 0.25) is 0 Å². The van der Waals surface area contributed by atoms with Gasteiger partial charge in [-0.25, -0.2) is 4.98 Å². The molecule has 1 aliphatic heterocycles. The molecule has 1 amide bonds. The molecule has 0 radical (unpaired) electrons. The summed E-state index contributed by atoms with van der Waals surface area (Å²) in [7, 11) is 0. The number of fused-ring (bicyclic) bond motifs is 1. The molecule has 0 bridgehead atoms. The van der Waals surface area contributed by atoms with E-state index in [-0.39, 0.29) is 11.5 Å². The van der Waals surface area contributed by atoms with Crippen molar-refractivity contribution in [2.24, 2.45) is 5.73 Å². The lowest BCUT2D eigenvalue weighted by Gasteiger charge is -2.33. The van der Waals surface area contributed by atoms with Gasteiger partial charge >= 0.3 is 0 Å². The summed E-state index contributed by atoms with van der Waals surface area (Å²) in [6, 6.07) is 13.4. The summed E-state index contributed by atoms with van der Waals surface area (Å²) in [6.07, 6.45) is 3.21. The zero-order valence-corrected chi connectivity index (χ0v) is 15.0. The third kappa shape index (κ3) is 3.36. The molecule has 0 unspecified atom stereocenters. The molecule has 1 saturated heterocycles. The van der Waals surface area contributed by atoms with Crippen LogP contribution < -0.4 is 11.3 Å². The fourth-order valence-corrected chi connectivity index (χ4v) is 3.90. The molecule has 1 aliphatic rings. The van der Waals surface area contributed by atoms with Crippen molar-refractivity contribution in [3.05, 3.63) is 75.8 Å². The van der Waals surface area contributed by atoms with Crippen LogP contribution in [0, 0.1) is 0 Å². The predicted octanol–water partition coefficient (Wildman–Crippen LogP) is 2.40. The molecular formula is C21H22N4O2. The zero-order valence-electron chi connectivity index (χ0n) is 15.0. The van der Waals surface area contributed by atoms with Gasteiger partial charge in [-0.2, -0.15) is 0 Å². The number of carbonyl (C=O) groups is 1. The summed E-state index contributed by atoms with van der Waals surface area (Å²) in [5.74, 6) is 0.426. The smallest absolute Gasteiger partial charge is 0.258 e. The van der Waals surface area contributed by atoms with Crippen molar-refractivity contribution in [2.45, 2.75) is 25.3 Å². The van der Waals surface area contributed by atoms with Gasteiger partial charge in [0.05, 0.1) is 17.2 Å². The monoisotopic (exact) mass is 362 g/mol. The maximum Gasteiger partial charge on any atom is 0.258 e. The summed E-state index contributed by atoms with van der Waals surface area (Å²) in [5, 5.41) is 0.492. The number of nitrogens with one attached hydrogen (secondary N) is 1. The predicted molar refractivity (Wildman–Crippen MR) is 105 cm³/mol. The van der Waals surface area contributed by atoms with Crippen LogP contribution >= 0.6 is 0 Å². The second-order valence-corrected chi connectivity index (χ2v) is 6.93. The highest BCUT2D eigenvalue weighted by Gasteiger charge is 2.25. The highest BCUT2D eigenvalue weighted by Crippen LogP contribution is 2.31. The molecule has 2 heterocycles. The van der Waals surface area contributed by atoms with Crippen molar-refractivity contribution >= 4 is 16.8 Å². The van der Waals surface area contributed by atoms with E-state index in [2.05, 4.69) is 28.2 Å². The van der Waals surface area contributed by atoms with Crippen molar-refractivity contribution in [1.29, 1.82) is 0 Å². The van der Waals surface area contributed by atoms with Gasteiger partial charge < -0.3 is 15.6 Å². The van der Waals surface area contributed by atoms with Crippen LogP contribution in [0.1, 0.15) is 40.2 Å². The van der Waals surface area contributed by atoms with Crippen LogP contribution in [0.5, 0.6) is 0 Å². The molecule has 138 valence electrons. The maximum absolute atomic E-state index is 12.9. The Bertz CT molecular complexity index is 1040. The minimum Gasteiger partial charge on any atom is -0.339 e.